The lowest BCUT2D eigenvalue weighted by atomic mass is 10.1. The lowest BCUT2D eigenvalue weighted by Crippen LogP contribution is -2.47. The van der Waals surface area contributed by atoms with Crippen molar-refractivity contribution in [2.45, 2.75) is 12.6 Å². The van der Waals surface area contributed by atoms with Crippen LogP contribution in [0.1, 0.15) is 12.0 Å². The molecule has 28 heavy (non-hydrogen) atoms. The molecule has 0 aliphatic carbocycles. The van der Waals surface area contributed by atoms with Crippen LogP contribution in [-0.2, 0) is 6.18 Å². The molecule has 0 bridgehead atoms. The Balaban J connectivity index is 0.00000392. The normalized spacial score (nSPS) is 15.7. The summed E-state index contributed by atoms with van der Waals surface area (Å²) >= 11 is 0. The van der Waals surface area contributed by atoms with Crippen molar-refractivity contribution in [3.63, 3.8) is 0 Å². The van der Waals surface area contributed by atoms with Crippen molar-refractivity contribution in [2.75, 3.05) is 57.8 Å². The molecule has 158 valence electrons. The van der Waals surface area contributed by atoms with Crippen molar-refractivity contribution in [1.29, 1.82) is 0 Å². The molecule has 9 heteroatoms. The van der Waals surface area contributed by atoms with Gasteiger partial charge in [-0.3, -0.25) is 9.89 Å². The Kier molecular flexibility index (Phi) is 10.7. The van der Waals surface area contributed by atoms with Gasteiger partial charge in [0.1, 0.15) is 0 Å². The molecule has 2 rings (SSSR count). The first-order valence-electron chi connectivity index (χ1n) is 9.14. The van der Waals surface area contributed by atoms with E-state index in [0.29, 0.717) is 12.2 Å². The number of benzene rings is 1. The third kappa shape index (κ3) is 7.86. The fourth-order valence-electron chi connectivity index (χ4n) is 3.01. The van der Waals surface area contributed by atoms with Gasteiger partial charge in [-0.15, -0.1) is 30.6 Å². The molecule has 5 nitrogen and oxygen atoms in total. The van der Waals surface area contributed by atoms with Crippen molar-refractivity contribution < 1.29 is 13.2 Å². The maximum absolute atomic E-state index is 12.9. The summed E-state index contributed by atoms with van der Waals surface area (Å²) < 4.78 is 38.6. The fraction of sp³-hybridized carbons (Fsp3) is 0.526. The van der Waals surface area contributed by atoms with Crippen LogP contribution in [0, 0.1) is 0 Å². The number of rotatable bonds is 7. The highest BCUT2D eigenvalue weighted by Crippen LogP contribution is 2.31. The largest absolute Gasteiger partial charge is 0.416 e. The average molecular weight is 511 g/mol. The van der Waals surface area contributed by atoms with E-state index in [0.717, 1.165) is 57.7 Å². The topological polar surface area (TPSA) is 42.9 Å². The molecule has 1 aliphatic rings. The molecule has 1 aliphatic heterocycles. The van der Waals surface area contributed by atoms with Gasteiger partial charge < -0.3 is 15.5 Å². The van der Waals surface area contributed by atoms with Crippen molar-refractivity contribution in [2.24, 2.45) is 4.99 Å². The van der Waals surface area contributed by atoms with Gasteiger partial charge in [0.2, 0.25) is 0 Å². The summed E-state index contributed by atoms with van der Waals surface area (Å²) in [5.74, 6) is 0.754. The molecule has 1 fully saturated rings. The molecule has 0 atom stereocenters. The maximum Gasteiger partial charge on any atom is 0.416 e. The van der Waals surface area contributed by atoms with E-state index in [4.69, 9.17) is 0 Å². The molecule has 1 aromatic carbocycles. The minimum absolute atomic E-state index is 0. The molecular formula is C19H29F3IN5. The SMILES string of the molecule is C=CCNC(=NC)NCCCN1CCN(c2cccc(C(F)(F)F)c2)CC1.I. The number of nitrogens with one attached hydrogen (secondary N) is 2. The Morgan fingerprint density at radius 3 is 2.54 bits per heavy atom. The number of nitrogens with zero attached hydrogens (tertiary/aromatic N) is 3. The first-order chi connectivity index (χ1) is 12.9. The second-order valence-corrected chi connectivity index (χ2v) is 6.40. The number of hydrogen-bond donors (Lipinski definition) is 2. The van der Waals surface area contributed by atoms with Crippen LogP contribution < -0.4 is 15.5 Å². The monoisotopic (exact) mass is 511 g/mol. The molecule has 1 saturated heterocycles. The molecule has 1 heterocycles. The minimum atomic E-state index is -4.30. The third-order valence-electron chi connectivity index (χ3n) is 4.49. The quantitative estimate of drug-likeness (QED) is 0.194. The van der Waals surface area contributed by atoms with Crippen LogP contribution in [-0.4, -0.2) is 63.7 Å². The summed E-state index contributed by atoms with van der Waals surface area (Å²) in [5.41, 5.74) is 0.0511. The van der Waals surface area contributed by atoms with E-state index in [1.54, 1.807) is 19.2 Å². The highest BCUT2D eigenvalue weighted by atomic mass is 127. The second-order valence-electron chi connectivity index (χ2n) is 6.40. The standard InChI is InChI=1S/C19H28F3N5.HI/c1-3-8-24-18(23-2)25-9-5-10-26-11-13-27(14-12-26)17-7-4-6-16(15-17)19(20,21)22;/h3-4,6-7,15H,1,5,8-14H2,2H3,(H2,23,24,25);1H. The van der Waals surface area contributed by atoms with Crippen molar-refractivity contribution >= 4 is 35.6 Å². The van der Waals surface area contributed by atoms with E-state index < -0.39 is 11.7 Å². The van der Waals surface area contributed by atoms with E-state index >= 15 is 0 Å². The number of halogens is 4. The number of guanidine groups is 1. The Bertz CT molecular complexity index is 628. The summed E-state index contributed by atoms with van der Waals surface area (Å²) in [5, 5.41) is 6.36. The lowest BCUT2D eigenvalue weighted by molar-refractivity contribution is -0.137. The van der Waals surface area contributed by atoms with Crippen LogP contribution in [0.15, 0.2) is 41.9 Å². The molecule has 2 N–H and O–H groups in total. The predicted molar refractivity (Wildman–Crippen MR) is 120 cm³/mol. The van der Waals surface area contributed by atoms with Crippen LogP contribution in [0.5, 0.6) is 0 Å². The molecule has 0 spiro atoms. The van der Waals surface area contributed by atoms with E-state index in [1.165, 1.54) is 12.1 Å². The molecular weight excluding hydrogens is 482 g/mol. The summed E-state index contributed by atoms with van der Waals surface area (Å²) in [6.45, 7) is 9.24. The van der Waals surface area contributed by atoms with Gasteiger partial charge in [-0.25, -0.2) is 0 Å². The second kappa shape index (κ2) is 12.2. The molecule has 0 radical (unpaired) electrons. The highest BCUT2D eigenvalue weighted by molar-refractivity contribution is 14.0. The Morgan fingerprint density at radius 1 is 1.21 bits per heavy atom. The first kappa shape index (κ1) is 24.5. The van der Waals surface area contributed by atoms with Crippen LogP contribution in [0.4, 0.5) is 18.9 Å². The molecule has 0 saturated carbocycles. The van der Waals surface area contributed by atoms with Gasteiger partial charge in [0.15, 0.2) is 5.96 Å². The molecule has 0 aromatic heterocycles. The van der Waals surface area contributed by atoms with Gasteiger partial charge >= 0.3 is 6.18 Å². The Hall–Kier alpha value is -1.49. The van der Waals surface area contributed by atoms with Gasteiger partial charge in [-0.1, -0.05) is 12.1 Å². The summed E-state index contributed by atoms with van der Waals surface area (Å²) in [4.78, 5) is 8.48. The van der Waals surface area contributed by atoms with E-state index in [1.807, 2.05) is 4.90 Å². The zero-order chi connectivity index (χ0) is 19.7. The maximum atomic E-state index is 12.9. The van der Waals surface area contributed by atoms with Gasteiger partial charge in [-0.05, 0) is 31.2 Å². The number of alkyl halides is 3. The van der Waals surface area contributed by atoms with E-state index in [2.05, 4.69) is 27.1 Å². The number of aliphatic imine (C=N–C) groups is 1. The Morgan fingerprint density at radius 2 is 1.93 bits per heavy atom. The van der Waals surface area contributed by atoms with Crippen molar-refractivity contribution in [3.05, 3.63) is 42.5 Å². The van der Waals surface area contributed by atoms with E-state index in [9.17, 15) is 13.2 Å². The molecule has 0 unspecified atom stereocenters. The van der Waals surface area contributed by atoms with Crippen LogP contribution in [0.2, 0.25) is 0 Å². The first-order valence-corrected chi connectivity index (χ1v) is 9.14. The van der Waals surface area contributed by atoms with Gasteiger partial charge in [0.05, 0.1) is 5.56 Å². The fourth-order valence-corrected chi connectivity index (χ4v) is 3.01. The highest BCUT2D eigenvalue weighted by Gasteiger charge is 2.31. The zero-order valence-corrected chi connectivity index (χ0v) is 18.5. The average Bonchev–Trinajstić information content (AvgIpc) is 2.67. The van der Waals surface area contributed by atoms with Gasteiger partial charge in [0, 0.05) is 52.0 Å². The number of anilines is 1. The van der Waals surface area contributed by atoms with Crippen LogP contribution in [0.3, 0.4) is 0 Å². The zero-order valence-electron chi connectivity index (χ0n) is 16.1. The predicted octanol–water partition coefficient (Wildman–Crippen LogP) is 3.19. The van der Waals surface area contributed by atoms with Gasteiger partial charge in [0.25, 0.3) is 0 Å². The molecule has 1 aromatic rings. The summed E-state index contributed by atoms with van der Waals surface area (Å²) in [7, 11) is 1.73. The number of hydrogen-bond acceptors (Lipinski definition) is 3. The summed E-state index contributed by atoms with van der Waals surface area (Å²) in [6.07, 6.45) is -1.55. The van der Waals surface area contributed by atoms with Crippen LogP contribution in [0.25, 0.3) is 0 Å². The third-order valence-corrected chi connectivity index (χ3v) is 4.49. The number of piperazine rings is 1. The summed E-state index contributed by atoms with van der Waals surface area (Å²) in [6, 6.07) is 5.58. The smallest absolute Gasteiger partial charge is 0.369 e. The van der Waals surface area contributed by atoms with Crippen molar-refractivity contribution in [1.82, 2.24) is 15.5 Å². The molecule has 0 amide bonds. The lowest BCUT2D eigenvalue weighted by Gasteiger charge is -2.36. The van der Waals surface area contributed by atoms with Gasteiger partial charge in [-0.2, -0.15) is 13.2 Å². The van der Waals surface area contributed by atoms with Crippen molar-refractivity contribution in [3.8, 4) is 0 Å². The Labute approximate surface area is 182 Å². The van der Waals surface area contributed by atoms with Crippen LogP contribution >= 0.6 is 24.0 Å². The minimum Gasteiger partial charge on any atom is -0.369 e. The van der Waals surface area contributed by atoms with E-state index in [-0.39, 0.29) is 24.0 Å².